The number of halogens is 1. The Morgan fingerprint density at radius 3 is 3.00 bits per heavy atom. The molecule has 0 radical (unpaired) electrons. The molecule has 0 spiro atoms. The summed E-state index contributed by atoms with van der Waals surface area (Å²) in [4.78, 5) is 0. The van der Waals surface area contributed by atoms with Crippen molar-refractivity contribution in [2.24, 2.45) is 5.92 Å². The number of methoxy groups -OCH3 is 1. The molecule has 1 saturated heterocycles. The molecular weight excluding hydrogens is 221 g/mol. The number of aliphatic hydroxyl groups is 1. The van der Waals surface area contributed by atoms with Gasteiger partial charge >= 0.3 is 0 Å². The van der Waals surface area contributed by atoms with Crippen LogP contribution in [0.1, 0.15) is 17.9 Å². The zero-order chi connectivity index (χ0) is 12.3. The van der Waals surface area contributed by atoms with Gasteiger partial charge in [-0.2, -0.15) is 0 Å². The molecule has 94 valence electrons. The molecule has 1 aromatic rings. The molecule has 1 heterocycles. The highest BCUT2D eigenvalue weighted by Crippen LogP contribution is 2.34. The number of benzene rings is 1. The standard InChI is InChI=1S/C13H18FNO2/c1-17-13-3-2-10(14)6-11(13)12(8-16)9-4-5-15-7-9/h2-3,6,9,12,15-16H,4-5,7-8H2,1H3. The van der Waals surface area contributed by atoms with Crippen molar-refractivity contribution >= 4 is 0 Å². The second-order valence-electron chi connectivity index (χ2n) is 4.43. The Morgan fingerprint density at radius 1 is 1.59 bits per heavy atom. The molecule has 2 unspecified atom stereocenters. The van der Waals surface area contributed by atoms with E-state index in [1.165, 1.54) is 12.1 Å². The summed E-state index contributed by atoms with van der Waals surface area (Å²) in [6.45, 7) is 1.84. The zero-order valence-corrected chi connectivity index (χ0v) is 9.95. The Morgan fingerprint density at radius 2 is 2.41 bits per heavy atom. The van der Waals surface area contributed by atoms with Crippen LogP contribution in [-0.2, 0) is 0 Å². The van der Waals surface area contributed by atoms with E-state index in [9.17, 15) is 9.50 Å². The van der Waals surface area contributed by atoms with Crippen molar-refractivity contribution < 1.29 is 14.2 Å². The van der Waals surface area contributed by atoms with Gasteiger partial charge in [0.1, 0.15) is 11.6 Å². The number of ether oxygens (including phenoxy) is 1. The average molecular weight is 239 g/mol. The molecular formula is C13H18FNO2. The molecule has 0 aliphatic carbocycles. The van der Waals surface area contributed by atoms with Crippen molar-refractivity contribution in [3.63, 3.8) is 0 Å². The van der Waals surface area contributed by atoms with Gasteiger partial charge in [-0.15, -0.1) is 0 Å². The smallest absolute Gasteiger partial charge is 0.123 e. The van der Waals surface area contributed by atoms with Crippen LogP contribution in [0.2, 0.25) is 0 Å². The van der Waals surface area contributed by atoms with Crippen LogP contribution in [0, 0.1) is 11.7 Å². The summed E-state index contributed by atoms with van der Waals surface area (Å²) in [5, 5.41) is 12.8. The summed E-state index contributed by atoms with van der Waals surface area (Å²) in [6.07, 6.45) is 1.00. The molecule has 1 aliphatic rings. The molecule has 1 aliphatic heterocycles. The number of rotatable bonds is 4. The van der Waals surface area contributed by atoms with Gasteiger partial charge in [-0.05, 0) is 43.6 Å². The third kappa shape index (κ3) is 2.58. The second-order valence-corrected chi connectivity index (χ2v) is 4.43. The minimum atomic E-state index is -0.287. The molecule has 4 heteroatoms. The lowest BCUT2D eigenvalue weighted by Gasteiger charge is -2.23. The summed E-state index contributed by atoms with van der Waals surface area (Å²) in [5.74, 6) is 0.647. The molecule has 1 aromatic carbocycles. The summed E-state index contributed by atoms with van der Waals surface area (Å²) in [7, 11) is 1.57. The van der Waals surface area contributed by atoms with Crippen LogP contribution >= 0.6 is 0 Å². The van der Waals surface area contributed by atoms with Gasteiger partial charge in [0.2, 0.25) is 0 Å². The average Bonchev–Trinajstić information content (AvgIpc) is 2.84. The topological polar surface area (TPSA) is 41.5 Å². The quantitative estimate of drug-likeness (QED) is 0.837. The number of hydrogen-bond acceptors (Lipinski definition) is 3. The van der Waals surface area contributed by atoms with E-state index in [1.807, 2.05) is 0 Å². The van der Waals surface area contributed by atoms with Crippen LogP contribution in [0.25, 0.3) is 0 Å². The fourth-order valence-corrected chi connectivity index (χ4v) is 2.52. The van der Waals surface area contributed by atoms with Crippen LogP contribution in [-0.4, -0.2) is 31.9 Å². The molecule has 2 atom stereocenters. The van der Waals surface area contributed by atoms with E-state index in [-0.39, 0.29) is 18.3 Å². The predicted octanol–water partition coefficient (Wildman–Crippen LogP) is 1.52. The van der Waals surface area contributed by atoms with E-state index in [2.05, 4.69) is 5.32 Å². The Labute approximate surface area is 101 Å². The summed E-state index contributed by atoms with van der Waals surface area (Å²) < 4.78 is 18.6. The monoisotopic (exact) mass is 239 g/mol. The molecule has 3 nitrogen and oxygen atoms in total. The highest BCUT2D eigenvalue weighted by molar-refractivity contribution is 5.37. The fourth-order valence-electron chi connectivity index (χ4n) is 2.52. The Bertz CT molecular complexity index is 378. The first-order valence-electron chi connectivity index (χ1n) is 5.91. The number of nitrogens with one attached hydrogen (secondary N) is 1. The zero-order valence-electron chi connectivity index (χ0n) is 9.95. The van der Waals surface area contributed by atoms with E-state index < -0.39 is 0 Å². The molecule has 17 heavy (non-hydrogen) atoms. The van der Waals surface area contributed by atoms with E-state index in [4.69, 9.17) is 4.74 Å². The van der Waals surface area contributed by atoms with Crippen LogP contribution in [0.4, 0.5) is 4.39 Å². The third-order valence-corrected chi connectivity index (χ3v) is 3.46. The number of aliphatic hydroxyl groups excluding tert-OH is 1. The second kappa shape index (κ2) is 5.47. The van der Waals surface area contributed by atoms with Crippen molar-refractivity contribution in [1.82, 2.24) is 5.32 Å². The van der Waals surface area contributed by atoms with Crippen LogP contribution < -0.4 is 10.1 Å². The summed E-state index contributed by atoms with van der Waals surface area (Å²) in [5.41, 5.74) is 0.767. The largest absolute Gasteiger partial charge is 0.496 e. The van der Waals surface area contributed by atoms with Crippen molar-refractivity contribution in [3.8, 4) is 5.75 Å². The van der Waals surface area contributed by atoms with Gasteiger partial charge in [-0.3, -0.25) is 0 Å². The minimum absolute atomic E-state index is 0.0200. The maximum Gasteiger partial charge on any atom is 0.123 e. The van der Waals surface area contributed by atoms with Crippen LogP contribution in [0.3, 0.4) is 0 Å². The van der Waals surface area contributed by atoms with Gasteiger partial charge in [0, 0.05) is 11.5 Å². The van der Waals surface area contributed by atoms with Crippen molar-refractivity contribution in [3.05, 3.63) is 29.6 Å². The molecule has 0 amide bonds. The fraction of sp³-hybridized carbons (Fsp3) is 0.538. The van der Waals surface area contributed by atoms with Crippen molar-refractivity contribution in [2.45, 2.75) is 12.3 Å². The lowest BCUT2D eigenvalue weighted by molar-refractivity contribution is 0.227. The Balaban J connectivity index is 2.31. The van der Waals surface area contributed by atoms with Crippen molar-refractivity contribution in [1.29, 1.82) is 0 Å². The summed E-state index contributed by atoms with van der Waals surface area (Å²) in [6, 6.07) is 4.47. The Kier molecular flexibility index (Phi) is 3.97. The van der Waals surface area contributed by atoms with Gasteiger partial charge in [0.25, 0.3) is 0 Å². The van der Waals surface area contributed by atoms with Crippen molar-refractivity contribution in [2.75, 3.05) is 26.8 Å². The van der Waals surface area contributed by atoms with E-state index in [0.717, 1.165) is 25.1 Å². The SMILES string of the molecule is COc1ccc(F)cc1C(CO)C1CCNC1. The van der Waals surface area contributed by atoms with E-state index in [0.29, 0.717) is 11.7 Å². The van der Waals surface area contributed by atoms with Crippen LogP contribution in [0.5, 0.6) is 5.75 Å². The molecule has 0 bridgehead atoms. The van der Waals surface area contributed by atoms with Gasteiger partial charge in [-0.25, -0.2) is 4.39 Å². The summed E-state index contributed by atoms with van der Waals surface area (Å²) >= 11 is 0. The molecule has 1 fully saturated rings. The Hall–Kier alpha value is -1.13. The lowest BCUT2D eigenvalue weighted by atomic mass is 9.85. The van der Waals surface area contributed by atoms with Gasteiger partial charge in [-0.1, -0.05) is 0 Å². The first-order chi connectivity index (χ1) is 8.26. The predicted molar refractivity (Wildman–Crippen MR) is 63.8 cm³/mol. The maximum absolute atomic E-state index is 13.3. The molecule has 2 rings (SSSR count). The molecule has 2 N–H and O–H groups in total. The molecule has 0 aromatic heterocycles. The van der Waals surface area contributed by atoms with Gasteiger partial charge in [0.15, 0.2) is 0 Å². The lowest BCUT2D eigenvalue weighted by Crippen LogP contribution is -2.20. The van der Waals surface area contributed by atoms with E-state index >= 15 is 0 Å². The normalized spacial score (nSPS) is 21.5. The van der Waals surface area contributed by atoms with Crippen LogP contribution in [0.15, 0.2) is 18.2 Å². The third-order valence-electron chi connectivity index (χ3n) is 3.46. The first-order valence-corrected chi connectivity index (χ1v) is 5.91. The highest BCUT2D eigenvalue weighted by Gasteiger charge is 2.28. The maximum atomic E-state index is 13.3. The van der Waals surface area contributed by atoms with Gasteiger partial charge in [0.05, 0.1) is 13.7 Å². The number of hydrogen-bond donors (Lipinski definition) is 2. The minimum Gasteiger partial charge on any atom is -0.496 e. The molecule has 0 saturated carbocycles. The van der Waals surface area contributed by atoms with Gasteiger partial charge < -0.3 is 15.2 Å². The van der Waals surface area contributed by atoms with E-state index in [1.54, 1.807) is 13.2 Å². The first kappa shape index (κ1) is 12.3. The highest BCUT2D eigenvalue weighted by atomic mass is 19.1.